The Balaban J connectivity index is 1.72. The molecule has 1 heterocycles. The first-order chi connectivity index (χ1) is 13.2. The summed E-state index contributed by atoms with van der Waals surface area (Å²) in [4.78, 5) is 16.6. The molecule has 0 saturated carbocycles. The molecule has 0 aliphatic heterocycles. The molecule has 1 aromatic heterocycles. The number of rotatable bonds is 4. The molecule has 28 heavy (non-hydrogen) atoms. The molecular formula is C22H19F3N2O. The second-order valence-electron chi connectivity index (χ2n) is 6.60. The van der Waals surface area contributed by atoms with E-state index >= 15 is 0 Å². The van der Waals surface area contributed by atoms with E-state index in [9.17, 15) is 18.0 Å². The Hall–Kier alpha value is -3.15. The van der Waals surface area contributed by atoms with Crippen LogP contribution < -0.4 is 5.32 Å². The highest BCUT2D eigenvalue weighted by atomic mass is 19.4. The van der Waals surface area contributed by atoms with Crippen molar-refractivity contribution >= 4 is 11.6 Å². The number of alkyl halides is 3. The fourth-order valence-electron chi connectivity index (χ4n) is 2.86. The Morgan fingerprint density at radius 2 is 1.71 bits per heavy atom. The summed E-state index contributed by atoms with van der Waals surface area (Å²) in [5, 5.41) is 2.76. The Kier molecular flexibility index (Phi) is 5.49. The van der Waals surface area contributed by atoms with Gasteiger partial charge in [0, 0.05) is 17.6 Å². The van der Waals surface area contributed by atoms with Gasteiger partial charge in [-0.15, -0.1) is 0 Å². The summed E-state index contributed by atoms with van der Waals surface area (Å²) in [7, 11) is 0. The minimum atomic E-state index is -4.44. The molecule has 0 radical (unpaired) electrons. The summed E-state index contributed by atoms with van der Waals surface area (Å²) >= 11 is 0. The summed E-state index contributed by atoms with van der Waals surface area (Å²) in [6, 6.07) is 16.0. The largest absolute Gasteiger partial charge is 0.416 e. The predicted molar refractivity (Wildman–Crippen MR) is 103 cm³/mol. The van der Waals surface area contributed by atoms with Crippen LogP contribution in [0.25, 0.3) is 11.1 Å². The van der Waals surface area contributed by atoms with E-state index in [1.165, 1.54) is 12.1 Å². The Labute approximate surface area is 161 Å². The summed E-state index contributed by atoms with van der Waals surface area (Å²) in [5.41, 5.74) is 3.04. The number of halogens is 3. The number of nitrogens with zero attached hydrogens (tertiary/aromatic N) is 1. The van der Waals surface area contributed by atoms with Gasteiger partial charge in [-0.3, -0.25) is 9.78 Å². The van der Waals surface area contributed by atoms with Gasteiger partial charge in [0.05, 0.1) is 11.5 Å². The van der Waals surface area contributed by atoms with E-state index in [2.05, 4.69) is 10.3 Å². The van der Waals surface area contributed by atoms with Crippen molar-refractivity contribution in [3.8, 4) is 11.1 Å². The maximum atomic E-state index is 12.9. The van der Waals surface area contributed by atoms with Crippen LogP contribution >= 0.6 is 0 Å². The lowest BCUT2D eigenvalue weighted by atomic mass is 9.98. The van der Waals surface area contributed by atoms with E-state index < -0.39 is 17.7 Å². The molecule has 0 saturated heterocycles. The number of carbonyl (C=O) groups excluding carboxylic acids is 1. The molecule has 3 rings (SSSR count). The van der Waals surface area contributed by atoms with Crippen molar-refractivity contribution in [2.45, 2.75) is 25.9 Å². The number of benzene rings is 2. The van der Waals surface area contributed by atoms with Crippen LogP contribution in [0.1, 0.15) is 29.7 Å². The summed E-state index contributed by atoms with van der Waals surface area (Å²) in [6.07, 6.45) is -2.70. The molecule has 3 nitrogen and oxygen atoms in total. The third-order valence-corrected chi connectivity index (χ3v) is 4.49. The summed E-state index contributed by atoms with van der Waals surface area (Å²) in [5.74, 6) is -1.09. The van der Waals surface area contributed by atoms with Gasteiger partial charge < -0.3 is 5.32 Å². The Morgan fingerprint density at radius 3 is 2.36 bits per heavy atom. The number of amides is 1. The number of anilines is 1. The van der Waals surface area contributed by atoms with Crippen LogP contribution in [0.5, 0.6) is 0 Å². The van der Waals surface area contributed by atoms with E-state index in [4.69, 9.17) is 0 Å². The molecule has 0 bridgehead atoms. The standard InChI is InChI=1S/C22H19F3N2O/c1-14-12-18(10-11-26-14)16-6-8-20(9-7-16)27-21(28)15(2)17-4-3-5-19(13-17)22(23,24)25/h3-13,15H,1-2H3,(H,27,28). The van der Waals surface area contributed by atoms with Crippen molar-refractivity contribution in [2.24, 2.45) is 0 Å². The van der Waals surface area contributed by atoms with Crippen LogP contribution in [0, 0.1) is 6.92 Å². The average Bonchev–Trinajstić information content (AvgIpc) is 2.67. The number of hydrogen-bond acceptors (Lipinski definition) is 2. The van der Waals surface area contributed by atoms with Gasteiger partial charge in [0.25, 0.3) is 0 Å². The lowest BCUT2D eigenvalue weighted by Crippen LogP contribution is -2.19. The monoisotopic (exact) mass is 384 g/mol. The number of aromatic nitrogens is 1. The van der Waals surface area contributed by atoms with Gasteiger partial charge in [-0.25, -0.2) is 0 Å². The smallest absolute Gasteiger partial charge is 0.326 e. The van der Waals surface area contributed by atoms with Gasteiger partial charge >= 0.3 is 6.18 Å². The van der Waals surface area contributed by atoms with Gasteiger partial charge in [-0.05, 0) is 60.9 Å². The van der Waals surface area contributed by atoms with Crippen LogP contribution in [0.15, 0.2) is 66.9 Å². The van der Waals surface area contributed by atoms with Gasteiger partial charge in [0.1, 0.15) is 0 Å². The molecule has 0 aliphatic rings. The van der Waals surface area contributed by atoms with Crippen LogP contribution in [-0.4, -0.2) is 10.9 Å². The fraction of sp³-hybridized carbons (Fsp3) is 0.182. The minimum absolute atomic E-state index is 0.316. The van der Waals surface area contributed by atoms with Gasteiger partial charge in [0.2, 0.25) is 5.91 Å². The molecule has 3 aromatic rings. The van der Waals surface area contributed by atoms with Crippen molar-refractivity contribution in [1.82, 2.24) is 4.98 Å². The van der Waals surface area contributed by atoms with Crippen LogP contribution in [0.4, 0.5) is 18.9 Å². The van der Waals surface area contributed by atoms with E-state index in [0.29, 0.717) is 11.3 Å². The first kappa shape index (κ1) is 19.6. The van der Waals surface area contributed by atoms with Gasteiger partial charge in [-0.2, -0.15) is 13.2 Å². The topological polar surface area (TPSA) is 42.0 Å². The SMILES string of the molecule is Cc1cc(-c2ccc(NC(=O)C(C)c3cccc(C(F)(F)F)c3)cc2)ccn1. The van der Waals surface area contributed by atoms with Gasteiger partial charge in [0.15, 0.2) is 0 Å². The zero-order valence-electron chi connectivity index (χ0n) is 15.4. The summed E-state index contributed by atoms with van der Waals surface area (Å²) < 4.78 is 38.6. The lowest BCUT2D eigenvalue weighted by Gasteiger charge is -2.15. The number of nitrogens with one attached hydrogen (secondary N) is 1. The van der Waals surface area contributed by atoms with Crippen LogP contribution in [-0.2, 0) is 11.0 Å². The molecule has 1 amide bonds. The zero-order valence-corrected chi connectivity index (χ0v) is 15.4. The first-order valence-corrected chi connectivity index (χ1v) is 8.75. The zero-order chi connectivity index (χ0) is 20.3. The maximum absolute atomic E-state index is 12.9. The Bertz CT molecular complexity index is 982. The fourth-order valence-corrected chi connectivity index (χ4v) is 2.86. The normalized spacial score (nSPS) is 12.5. The highest BCUT2D eigenvalue weighted by molar-refractivity contribution is 5.95. The molecule has 1 atom stereocenters. The maximum Gasteiger partial charge on any atom is 0.416 e. The molecular weight excluding hydrogens is 365 g/mol. The molecule has 6 heteroatoms. The quantitative estimate of drug-likeness (QED) is 0.616. The lowest BCUT2D eigenvalue weighted by molar-refractivity contribution is -0.137. The molecule has 0 spiro atoms. The van der Waals surface area contributed by atoms with E-state index in [1.807, 2.05) is 31.2 Å². The van der Waals surface area contributed by atoms with Crippen molar-refractivity contribution < 1.29 is 18.0 Å². The second-order valence-corrected chi connectivity index (χ2v) is 6.60. The molecule has 0 aliphatic carbocycles. The van der Waals surface area contributed by atoms with Crippen LogP contribution in [0.2, 0.25) is 0 Å². The number of carbonyl (C=O) groups is 1. The summed E-state index contributed by atoms with van der Waals surface area (Å²) in [6.45, 7) is 3.49. The first-order valence-electron chi connectivity index (χ1n) is 8.75. The minimum Gasteiger partial charge on any atom is -0.326 e. The predicted octanol–water partition coefficient (Wildman–Crippen LogP) is 5.82. The van der Waals surface area contributed by atoms with E-state index in [-0.39, 0.29) is 5.91 Å². The van der Waals surface area contributed by atoms with E-state index in [1.54, 1.807) is 25.3 Å². The molecule has 1 unspecified atom stereocenters. The highest BCUT2D eigenvalue weighted by Crippen LogP contribution is 2.31. The molecule has 0 fully saturated rings. The number of hydrogen-bond donors (Lipinski definition) is 1. The highest BCUT2D eigenvalue weighted by Gasteiger charge is 2.31. The van der Waals surface area contributed by atoms with Crippen LogP contribution in [0.3, 0.4) is 0 Å². The van der Waals surface area contributed by atoms with Crippen molar-refractivity contribution in [3.05, 3.63) is 83.7 Å². The van der Waals surface area contributed by atoms with E-state index in [0.717, 1.165) is 29.0 Å². The molecule has 2 aromatic carbocycles. The average molecular weight is 384 g/mol. The molecule has 1 N–H and O–H groups in total. The third kappa shape index (κ3) is 4.57. The molecule has 144 valence electrons. The Morgan fingerprint density at radius 1 is 1.00 bits per heavy atom. The van der Waals surface area contributed by atoms with Gasteiger partial charge in [-0.1, -0.05) is 30.3 Å². The number of aryl methyl sites for hydroxylation is 1. The second kappa shape index (κ2) is 7.84. The third-order valence-electron chi connectivity index (χ3n) is 4.49. The van der Waals surface area contributed by atoms with Crippen molar-refractivity contribution in [1.29, 1.82) is 0 Å². The van der Waals surface area contributed by atoms with Crippen molar-refractivity contribution in [2.75, 3.05) is 5.32 Å². The number of pyridine rings is 1. The van der Waals surface area contributed by atoms with Crippen molar-refractivity contribution in [3.63, 3.8) is 0 Å².